The Hall–Kier alpha value is -1.29. The highest BCUT2D eigenvalue weighted by atomic mass is 79.9. The molecule has 2 aromatic rings. The molecule has 1 unspecified atom stereocenters. The lowest BCUT2D eigenvalue weighted by Gasteiger charge is -2.11. The zero-order valence-corrected chi connectivity index (χ0v) is 12.5. The molecule has 0 saturated carbocycles. The molecule has 19 heavy (non-hydrogen) atoms. The fraction of sp³-hybridized carbons (Fsp3) is 0.400. The average molecular weight is 318 g/mol. The molecule has 3 nitrogen and oxygen atoms in total. The van der Waals surface area contributed by atoms with Crippen molar-refractivity contribution in [3.63, 3.8) is 0 Å². The molecule has 0 saturated heterocycles. The Morgan fingerprint density at radius 2 is 2.26 bits per heavy atom. The van der Waals surface area contributed by atoms with Crippen LogP contribution in [0.4, 0.5) is 0 Å². The summed E-state index contributed by atoms with van der Waals surface area (Å²) in [5.41, 5.74) is 3.65. The summed E-state index contributed by atoms with van der Waals surface area (Å²) in [6, 6.07) is 6.22. The molecule has 0 N–H and O–H groups in total. The van der Waals surface area contributed by atoms with Gasteiger partial charge >= 0.3 is 0 Å². The smallest absolute Gasteiger partial charge is 0.129 e. The highest BCUT2D eigenvalue weighted by Gasteiger charge is 2.26. The van der Waals surface area contributed by atoms with Gasteiger partial charge in [-0.15, -0.1) is 0 Å². The number of nitrogens with zero attached hydrogens (tertiary/aromatic N) is 3. The maximum atomic E-state index is 4.72. The van der Waals surface area contributed by atoms with Gasteiger partial charge in [0.05, 0.1) is 11.4 Å². The number of rotatable bonds is 3. The van der Waals surface area contributed by atoms with E-state index in [-0.39, 0.29) is 0 Å². The van der Waals surface area contributed by atoms with Gasteiger partial charge in [0.15, 0.2) is 0 Å². The fourth-order valence-electron chi connectivity index (χ4n) is 2.70. The van der Waals surface area contributed by atoms with Crippen LogP contribution < -0.4 is 0 Å². The van der Waals surface area contributed by atoms with Crippen LogP contribution in [0, 0.1) is 0 Å². The summed E-state index contributed by atoms with van der Waals surface area (Å²) in [6.07, 6.45) is 6.06. The van der Waals surface area contributed by atoms with Crippen molar-refractivity contribution in [1.29, 1.82) is 0 Å². The highest BCUT2D eigenvalue weighted by Crippen LogP contribution is 2.36. The van der Waals surface area contributed by atoms with Crippen LogP contribution in [-0.2, 0) is 12.8 Å². The Morgan fingerprint density at radius 1 is 1.37 bits per heavy atom. The van der Waals surface area contributed by atoms with Crippen molar-refractivity contribution in [3.05, 3.63) is 51.8 Å². The Balaban J connectivity index is 1.99. The van der Waals surface area contributed by atoms with Crippen LogP contribution in [-0.4, -0.2) is 15.0 Å². The van der Waals surface area contributed by atoms with Gasteiger partial charge in [-0.05, 0) is 52.9 Å². The molecule has 0 spiro atoms. The second-order valence-electron chi connectivity index (χ2n) is 4.92. The molecule has 0 amide bonds. The third-order valence-corrected chi connectivity index (χ3v) is 3.96. The van der Waals surface area contributed by atoms with Gasteiger partial charge in [-0.1, -0.05) is 13.0 Å². The molecule has 2 heterocycles. The summed E-state index contributed by atoms with van der Waals surface area (Å²) < 4.78 is 0.880. The molecule has 2 aromatic heterocycles. The van der Waals surface area contributed by atoms with Crippen molar-refractivity contribution < 1.29 is 0 Å². The van der Waals surface area contributed by atoms with Gasteiger partial charge in [0, 0.05) is 18.5 Å². The van der Waals surface area contributed by atoms with Gasteiger partial charge in [-0.2, -0.15) is 0 Å². The van der Waals surface area contributed by atoms with E-state index in [4.69, 9.17) is 4.98 Å². The van der Waals surface area contributed by atoms with Crippen LogP contribution in [0.3, 0.4) is 0 Å². The Kier molecular flexibility index (Phi) is 3.60. The van der Waals surface area contributed by atoms with Gasteiger partial charge in [0.25, 0.3) is 0 Å². The molecule has 1 aliphatic rings. The van der Waals surface area contributed by atoms with Crippen LogP contribution in [0.25, 0.3) is 0 Å². The van der Waals surface area contributed by atoms with E-state index in [1.54, 1.807) is 0 Å². The van der Waals surface area contributed by atoms with Gasteiger partial charge in [0.2, 0.25) is 0 Å². The average Bonchev–Trinajstić information content (AvgIpc) is 2.82. The lowest BCUT2D eigenvalue weighted by Crippen LogP contribution is -2.06. The molecular formula is C15H16BrN3. The highest BCUT2D eigenvalue weighted by molar-refractivity contribution is 9.10. The second kappa shape index (κ2) is 5.37. The number of halogens is 1. The minimum atomic E-state index is 0.325. The van der Waals surface area contributed by atoms with Crippen molar-refractivity contribution in [2.24, 2.45) is 0 Å². The summed E-state index contributed by atoms with van der Waals surface area (Å²) in [5, 5.41) is 0. The van der Waals surface area contributed by atoms with E-state index in [0.29, 0.717) is 5.92 Å². The molecule has 3 rings (SSSR count). The van der Waals surface area contributed by atoms with E-state index in [0.717, 1.165) is 41.8 Å². The number of hydrogen-bond donors (Lipinski definition) is 0. The van der Waals surface area contributed by atoms with Crippen molar-refractivity contribution in [3.8, 4) is 0 Å². The topological polar surface area (TPSA) is 38.7 Å². The van der Waals surface area contributed by atoms with E-state index < -0.39 is 0 Å². The minimum absolute atomic E-state index is 0.325. The van der Waals surface area contributed by atoms with Gasteiger partial charge in [0.1, 0.15) is 10.4 Å². The first kappa shape index (κ1) is 12.7. The largest absolute Gasteiger partial charge is 0.260 e. The normalized spacial score (nSPS) is 17.5. The Labute approximate surface area is 121 Å². The monoisotopic (exact) mass is 317 g/mol. The van der Waals surface area contributed by atoms with Crippen LogP contribution >= 0.6 is 15.9 Å². The molecule has 0 aliphatic heterocycles. The number of hydrogen-bond acceptors (Lipinski definition) is 3. The first-order valence-corrected chi connectivity index (χ1v) is 7.54. The van der Waals surface area contributed by atoms with Crippen molar-refractivity contribution in [1.82, 2.24) is 15.0 Å². The van der Waals surface area contributed by atoms with Gasteiger partial charge in [-0.25, -0.2) is 9.97 Å². The third kappa shape index (κ3) is 2.54. The lowest BCUT2D eigenvalue weighted by atomic mass is 10.0. The summed E-state index contributed by atoms with van der Waals surface area (Å²) in [6.45, 7) is 2.15. The maximum absolute atomic E-state index is 4.72. The zero-order chi connectivity index (χ0) is 13.2. The summed E-state index contributed by atoms with van der Waals surface area (Å²) >= 11 is 3.50. The third-order valence-electron chi connectivity index (χ3n) is 3.55. The molecule has 4 heteroatoms. The van der Waals surface area contributed by atoms with E-state index in [9.17, 15) is 0 Å². The molecular weight excluding hydrogens is 302 g/mol. The summed E-state index contributed by atoms with van der Waals surface area (Å²) in [5.74, 6) is 1.25. The summed E-state index contributed by atoms with van der Waals surface area (Å²) in [7, 11) is 0. The zero-order valence-electron chi connectivity index (χ0n) is 10.9. The summed E-state index contributed by atoms with van der Waals surface area (Å²) in [4.78, 5) is 13.7. The first-order chi connectivity index (χ1) is 9.28. The van der Waals surface area contributed by atoms with Gasteiger partial charge in [-0.3, -0.25) is 4.98 Å². The number of aryl methyl sites for hydroxylation is 2. The quantitative estimate of drug-likeness (QED) is 0.811. The van der Waals surface area contributed by atoms with E-state index >= 15 is 0 Å². The van der Waals surface area contributed by atoms with Gasteiger partial charge < -0.3 is 0 Å². The van der Waals surface area contributed by atoms with E-state index in [1.165, 1.54) is 11.3 Å². The number of aromatic nitrogens is 3. The predicted octanol–water partition coefficient (Wildman–Crippen LogP) is 3.66. The van der Waals surface area contributed by atoms with Crippen LogP contribution in [0.15, 0.2) is 29.0 Å². The fourth-order valence-corrected chi connectivity index (χ4v) is 3.14. The minimum Gasteiger partial charge on any atom is -0.260 e. The Bertz CT molecular complexity index is 598. The van der Waals surface area contributed by atoms with E-state index in [1.807, 2.05) is 18.3 Å². The molecule has 1 aliphatic carbocycles. The molecule has 0 radical (unpaired) electrons. The van der Waals surface area contributed by atoms with Crippen LogP contribution in [0.5, 0.6) is 0 Å². The molecule has 98 valence electrons. The van der Waals surface area contributed by atoms with Crippen molar-refractivity contribution in [2.45, 2.75) is 38.5 Å². The predicted molar refractivity (Wildman–Crippen MR) is 78.1 cm³/mol. The SMILES string of the molecule is CCCc1nc(Br)cc(C2CCc3cccnc32)n1. The maximum Gasteiger partial charge on any atom is 0.129 e. The van der Waals surface area contributed by atoms with E-state index in [2.05, 4.69) is 38.9 Å². The molecule has 0 aromatic carbocycles. The number of pyridine rings is 1. The van der Waals surface area contributed by atoms with Crippen LogP contribution in [0.2, 0.25) is 0 Å². The standard InChI is InChI=1S/C15H16BrN3/c1-2-4-14-18-12(9-13(16)19-14)11-7-6-10-5-3-8-17-15(10)11/h3,5,8-9,11H,2,4,6-7H2,1H3. The molecule has 0 fully saturated rings. The Morgan fingerprint density at radius 3 is 3.11 bits per heavy atom. The van der Waals surface area contributed by atoms with Crippen molar-refractivity contribution in [2.75, 3.05) is 0 Å². The van der Waals surface area contributed by atoms with Crippen LogP contribution in [0.1, 0.15) is 48.5 Å². The lowest BCUT2D eigenvalue weighted by molar-refractivity contribution is 0.718. The first-order valence-electron chi connectivity index (χ1n) is 6.75. The number of fused-ring (bicyclic) bond motifs is 1. The molecule has 1 atom stereocenters. The molecule has 0 bridgehead atoms. The van der Waals surface area contributed by atoms with Crippen molar-refractivity contribution >= 4 is 15.9 Å². The second-order valence-corrected chi connectivity index (χ2v) is 5.73.